The van der Waals surface area contributed by atoms with Crippen molar-refractivity contribution in [1.29, 1.82) is 0 Å². The summed E-state index contributed by atoms with van der Waals surface area (Å²) in [4.78, 5) is 15.5. The van der Waals surface area contributed by atoms with Gasteiger partial charge >= 0.3 is 0 Å². The van der Waals surface area contributed by atoms with E-state index in [4.69, 9.17) is 15.0 Å². The molecule has 1 aromatic heterocycles. The van der Waals surface area contributed by atoms with Gasteiger partial charge in [-0.25, -0.2) is 15.0 Å². The van der Waals surface area contributed by atoms with Crippen molar-refractivity contribution in [3.63, 3.8) is 0 Å². The van der Waals surface area contributed by atoms with Crippen molar-refractivity contribution in [3.8, 4) is 78.7 Å². The maximum absolute atomic E-state index is 5.20. The molecule has 3 heteroatoms. The first kappa shape index (κ1) is 64.1. The molecule has 2 aliphatic rings. The third-order valence-corrected chi connectivity index (χ3v) is 20.8. The Morgan fingerprint density at radius 1 is 0.272 bits per heavy atom. The smallest absolute Gasteiger partial charge is 0.164 e. The van der Waals surface area contributed by atoms with E-state index in [-0.39, 0.29) is 5.41 Å². The van der Waals surface area contributed by atoms with Crippen LogP contribution in [0.25, 0.3) is 78.7 Å². The normalized spacial score (nSPS) is 13.2. The van der Waals surface area contributed by atoms with Crippen molar-refractivity contribution in [1.82, 2.24) is 15.0 Å². The lowest BCUT2D eigenvalue weighted by molar-refractivity contribution is 0.397. The van der Waals surface area contributed by atoms with E-state index in [1.807, 2.05) is 0 Å². The number of aromatic nitrogens is 3. The van der Waals surface area contributed by atoms with Gasteiger partial charge in [-0.05, 0) is 141 Å². The van der Waals surface area contributed by atoms with Crippen LogP contribution in [0.5, 0.6) is 0 Å². The van der Waals surface area contributed by atoms with Crippen molar-refractivity contribution < 1.29 is 0 Å². The Hall–Kier alpha value is -8.01. The Kier molecular flexibility index (Phi) is 21.3. The molecule has 0 spiro atoms. The zero-order valence-corrected chi connectivity index (χ0v) is 56.1. The van der Waals surface area contributed by atoms with Crippen LogP contribution in [-0.4, -0.2) is 15.0 Å². The lowest BCUT2D eigenvalue weighted by Crippen LogP contribution is -2.28. The molecular weight excluding hydrogens is 1110 g/mol. The van der Waals surface area contributed by atoms with Gasteiger partial charge in [0.1, 0.15) is 0 Å². The highest BCUT2D eigenvalue weighted by Crippen LogP contribution is 2.59. The van der Waals surface area contributed by atoms with E-state index in [1.165, 1.54) is 236 Å². The van der Waals surface area contributed by atoms with Gasteiger partial charge in [-0.15, -0.1) is 0 Å². The lowest BCUT2D eigenvalue weighted by atomic mass is 9.67. The topological polar surface area (TPSA) is 38.7 Å². The number of unbranched alkanes of at least 4 members (excludes halogenated alkanes) is 19. The Labute approximate surface area is 552 Å². The highest BCUT2D eigenvalue weighted by atomic mass is 15.0. The van der Waals surface area contributed by atoms with E-state index in [0.717, 1.165) is 36.0 Å². The van der Waals surface area contributed by atoms with Crippen LogP contribution in [0.1, 0.15) is 225 Å². The van der Waals surface area contributed by atoms with Gasteiger partial charge < -0.3 is 0 Å². The standard InChI is InChI=1S/C89H99N3/c1-6-9-12-14-16-18-20-22-24-32-59-88(60-33-25-23-21-19-17-15-13-10-7-2)81-62-72(68-48-50-71(51-49-68)87-91-85(69-44-39-65(4)40-45-69)90-86(92-87)70-46-42-67(43-47-70)34-11-8-3)52-56-77(81)78-57-53-73(63-82(78)88)74-54-58-80-79-55-41-66(5)61-83(79)89(84(80)64-74,75-35-28-26-29-36-75)76-37-30-27-31-38-76/h26-31,35-58,61-64H,6-25,32-34,59-60H2,1-5H3. The average Bonchev–Trinajstić information content (AvgIpc) is 1.53. The quantitative estimate of drug-likeness (QED) is 0.0395. The Bertz CT molecular complexity index is 3940. The zero-order valence-electron chi connectivity index (χ0n) is 56.1. The summed E-state index contributed by atoms with van der Waals surface area (Å²) in [5.74, 6) is 2.08. The predicted molar refractivity (Wildman–Crippen MR) is 392 cm³/mol. The van der Waals surface area contributed by atoms with Gasteiger partial charge in [-0.1, -0.05) is 355 Å². The Morgan fingerprint density at radius 3 is 1.04 bits per heavy atom. The first-order chi connectivity index (χ1) is 45.3. The molecule has 0 atom stereocenters. The van der Waals surface area contributed by atoms with E-state index in [9.17, 15) is 0 Å². The van der Waals surface area contributed by atoms with E-state index < -0.39 is 5.41 Å². The van der Waals surface area contributed by atoms with Crippen molar-refractivity contribution in [2.75, 3.05) is 0 Å². The van der Waals surface area contributed by atoms with Crippen molar-refractivity contribution in [2.45, 2.75) is 206 Å². The van der Waals surface area contributed by atoms with Crippen molar-refractivity contribution in [3.05, 3.63) is 256 Å². The van der Waals surface area contributed by atoms with Crippen LogP contribution in [-0.2, 0) is 17.3 Å². The lowest BCUT2D eigenvalue weighted by Gasteiger charge is -2.34. The Balaban J connectivity index is 0.926. The minimum absolute atomic E-state index is 0.124. The molecule has 9 aromatic carbocycles. The summed E-state index contributed by atoms with van der Waals surface area (Å²) < 4.78 is 0. The molecule has 0 N–H and O–H groups in total. The van der Waals surface area contributed by atoms with Gasteiger partial charge in [-0.2, -0.15) is 0 Å². The summed E-state index contributed by atoms with van der Waals surface area (Å²) in [5, 5.41) is 0. The third kappa shape index (κ3) is 14.0. The Morgan fingerprint density at radius 2 is 0.598 bits per heavy atom. The van der Waals surface area contributed by atoms with Crippen LogP contribution >= 0.6 is 0 Å². The molecule has 2 aliphatic carbocycles. The number of rotatable bonds is 32. The second-order valence-electron chi connectivity index (χ2n) is 27.3. The first-order valence-electron chi connectivity index (χ1n) is 36.0. The van der Waals surface area contributed by atoms with E-state index in [0.29, 0.717) is 17.5 Å². The minimum atomic E-state index is -0.468. The monoisotopic (exact) mass is 1210 g/mol. The molecule has 0 radical (unpaired) electrons. The van der Waals surface area contributed by atoms with Crippen molar-refractivity contribution >= 4 is 0 Å². The predicted octanol–water partition coefficient (Wildman–Crippen LogP) is 25.4. The highest BCUT2D eigenvalue weighted by Gasteiger charge is 2.47. The van der Waals surface area contributed by atoms with Gasteiger partial charge in [-0.3, -0.25) is 0 Å². The van der Waals surface area contributed by atoms with Gasteiger partial charge in [0.05, 0.1) is 5.41 Å². The molecule has 92 heavy (non-hydrogen) atoms. The fourth-order valence-electron chi connectivity index (χ4n) is 15.6. The molecule has 0 unspecified atom stereocenters. The number of aryl methyl sites for hydroxylation is 3. The molecule has 12 rings (SSSR count). The van der Waals surface area contributed by atoms with Crippen molar-refractivity contribution in [2.24, 2.45) is 0 Å². The molecule has 0 saturated heterocycles. The summed E-state index contributed by atoms with van der Waals surface area (Å²) in [7, 11) is 0. The molecule has 3 nitrogen and oxygen atoms in total. The van der Waals surface area contributed by atoms with Crippen LogP contribution in [0.3, 0.4) is 0 Å². The summed E-state index contributed by atoms with van der Waals surface area (Å²) in [5.41, 5.74) is 25.2. The van der Waals surface area contributed by atoms with E-state index in [1.54, 1.807) is 0 Å². The van der Waals surface area contributed by atoms with Crippen LogP contribution < -0.4 is 0 Å². The maximum Gasteiger partial charge on any atom is 0.164 e. The number of fused-ring (bicyclic) bond motifs is 6. The zero-order chi connectivity index (χ0) is 63.1. The summed E-state index contributed by atoms with van der Waals surface area (Å²) in [6.45, 7) is 11.3. The first-order valence-corrected chi connectivity index (χ1v) is 36.0. The van der Waals surface area contributed by atoms with E-state index in [2.05, 4.69) is 241 Å². The molecule has 1 heterocycles. The second-order valence-corrected chi connectivity index (χ2v) is 27.3. The summed E-state index contributed by atoms with van der Waals surface area (Å²) in [6, 6.07) is 78.8. The third-order valence-electron chi connectivity index (χ3n) is 20.8. The van der Waals surface area contributed by atoms with Gasteiger partial charge in [0.25, 0.3) is 0 Å². The molecular formula is C89H99N3. The fraction of sp³-hybridized carbons (Fsp3) is 0.360. The summed E-state index contributed by atoms with van der Waals surface area (Å²) in [6.07, 6.45) is 32.4. The average molecular weight is 1210 g/mol. The number of benzene rings is 9. The van der Waals surface area contributed by atoms with Gasteiger partial charge in [0, 0.05) is 22.1 Å². The van der Waals surface area contributed by atoms with Crippen LogP contribution in [0.4, 0.5) is 0 Å². The largest absolute Gasteiger partial charge is 0.208 e. The van der Waals surface area contributed by atoms with E-state index >= 15 is 0 Å². The number of nitrogens with zero attached hydrogens (tertiary/aromatic N) is 3. The molecule has 10 aromatic rings. The molecule has 0 bridgehead atoms. The van der Waals surface area contributed by atoms with Gasteiger partial charge in [0.15, 0.2) is 17.5 Å². The fourth-order valence-corrected chi connectivity index (χ4v) is 15.6. The number of hydrogen-bond acceptors (Lipinski definition) is 3. The highest BCUT2D eigenvalue weighted by molar-refractivity contribution is 5.91. The molecule has 0 aliphatic heterocycles. The van der Waals surface area contributed by atoms with Crippen LogP contribution in [0, 0.1) is 13.8 Å². The minimum Gasteiger partial charge on any atom is -0.208 e. The molecule has 0 fully saturated rings. The molecule has 0 amide bonds. The van der Waals surface area contributed by atoms with Crippen LogP contribution in [0.2, 0.25) is 0 Å². The molecule has 0 saturated carbocycles. The maximum atomic E-state index is 5.20. The van der Waals surface area contributed by atoms with Crippen LogP contribution in [0.15, 0.2) is 206 Å². The summed E-state index contributed by atoms with van der Waals surface area (Å²) >= 11 is 0. The van der Waals surface area contributed by atoms with Gasteiger partial charge in [0.2, 0.25) is 0 Å². The molecule has 470 valence electrons. The second kappa shape index (κ2) is 30.6. The SMILES string of the molecule is CCCCCCCCCCCCC1(CCCCCCCCCCCC)c2cc(-c3ccc(-c4nc(-c5ccc(C)cc5)nc(-c5ccc(CCCC)cc5)n4)cc3)ccc2-c2ccc(-c3ccc4c(c3)C(c3ccccc3)(c3ccccc3)c3cc(C)ccc3-4)cc21. The number of hydrogen-bond donors (Lipinski definition) is 0.